The first-order valence-corrected chi connectivity index (χ1v) is 10.1. The number of rotatable bonds is 7. The second kappa shape index (κ2) is 9.09. The molecule has 30 heavy (non-hydrogen) atoms. The summed E-state index contributed by atoms with van der Waals surface area (Å²) in [4.78, 5) is 26.6. The molecule has 3 aromatic rings. The van der Waals surface area contributed by atoms with E-state index in [-0.39, 0.29) is 18.3 Å². The largest absolute Gasteiger partial charge is 0.419 e. The van der Waals surface area contributed by atoms with Crippen molar-refractivity contribution in [3.05, 3.63) is 82.2 Å². The summed E-state index contributed by atoms with van der Waals surface area (Å²) < 4.78 is 19.4. The summed E-state index contributed by atoms with van der Waals surface area (Å²) in [5, 5.41) is 2.86. The van der Waals surface area contributed by atoms with Crippen LogP contribution in [0.25, 0.3) is 11.3 Å². The zero-order chi connectivity index (χ0) is 20.9. The quantitative estimate of drug-likeness (QED) is 0.610. The zero-order valence-electron chi connectivity index (χ0n) is 16.6. The summed E-state index contributed by atoms with van der Waals surface area (Å²) in [6, 6.07) is 14.1. The standard InChI is InChI=1S/C23H24FN3O3/c24-20-8-6-18(7-9-20)21-15-27(23(29)30-21)16-22(28)25-11-3-12-26-13-10-17-4-1-2-5-19(17)14-26/h1-2,4-9,15H,3,10-14,16H2,(H,25,28). The van der Waals surface area contributed by atoms with Crippen LogP contribution >= 0.6 is 0 Å². The maximum atomic E-state index is 13.0. The number of halogens is 1. The van der Waals surface area contributed by atoms with E-state index < -0.39 is 5.76 Å². The number of oxazole rings is 1. The van der Waals surface area contributed by atoms with Crippen molar-refractivity contribution in [3.8, 4) is 11.3 Å². The van der Waals surface area contributed by atoms with Crippen LogP contribution < -0.4 is 11.1 Å². The lowest BCUT2D eigenvalue weighted by Gasteiger charge is -2.28. The maximum absolute atomic E-state index is 13.0. The van der Waals surface area contributed by atoms with Crippen LogP contribution in [0.4, 0.5) is 4.39 Å². The van der Waals surface area contributed by atoms with E-state index in [4.69, 9.17) is 4.42 Å². The summed E-state index contributed by atoms with van der Waals surface area (Å²) in [6.45, 7) is 3.33. The highest BCUT2D eigenvalue weighted by molar-refractivity contribution is 5.75. The topological polar surface area (TPSA) is 67.5 Å². The van der Waals surface area contributed by atoms with Gasteiger partial charge in [0, 0.05) is 31.7 Å². The lowest BCUT2D eigenvalue weighted by atomic mass is 10.00. The SMILES string of the molecule is O=C(Cn1cc(-c2ccc(F)cc2)oc1=O)NCCCN1CCc2ccccc2C1. The molecule has 0 bridgehead atoms. The highest BCUT2D eigenvalue weighted by Crippen LogP contribution is 2.19. The molecule has 0 unspecified atom stereocenters. The molecule has 1 aliphatic heterocycles. The Hall–Kier alpha value is -3.19. The van der Waals surface area contributed by atoms with E-state index in [0.29, 0.717) is 17.9 Å². The minimum Gasteiger partial charge on any atom is -0.408 e. The van der Waals surface area contributed by atoms with Gasteiger partial charge in [0.2, 0.25) is 5.91 Å². The Morgan fingerprint density at radius 3 is 2.67 bits per heavy atom. The summed E-state index contributed by atoms with van der Waals surface area (Å²) in [5.74, 6) is -0.921. The van der Waals surface area contributed by atoms with Gasteiger partial charge in [-0.15, -0.1) is 0 Å². The first kappa shape index (κ1) is 20.1. The van der Waals surface area contributed by atoms with Crippen LogP contribution in [-0.4, -0.2) is 35.0 Å². The molecule has 0 atom stereocenters. The van der Waals surface area contributed by atoms with Crippen molar-refractivity contribution in [1.29, 1.82) is 0 Å². The molecule has 0 aliphatic carbocycles. The van der Waals surface area contributed by atoms with E-state index in [0.717, 1.165) is 32.5 Å². The van der Waals surface area contributed by atoms with Gasteiger partial charge in [-0.25, -0.2) is 9.18 Å². The molecule has 6 nitrogen and oxygen atoms in total. The van der Waals surface area contributed by atoms with Crippen LogP contribution in [-0.2, 0) is 24.3 Å². The number of aromatic nitrogens is 1. The molecular formula is C23H24FN3O3. The Kier molecular flexibility index (Phi) is 6.09. The summed E-state index contributed by atoms with van der Waals surface area (Å²) in [7, 11) is 0. The third-order valence-corrected chi connectivity index (χ3v) is 5.33. The number of nitrogens with zero attached hydrogens (tertiary/aromatic N) is 2. The Labute approximate surface area is 173 Å². The lowest BCUT2D eigenvalue weighted by molar-refractivity contribution is -0.121. The van der Waals surface area contributed by atoms with Crippen molar-refractivity contribution in [2.24, 2.45) is 0 Å². The molecule has 1 aromatic heterocycles. The van der Waals surface area contributed by atoms with Crippen LogP contribution in [0.1, 0.15) is 17.5 Å². The van der Waals surface area contributed by atoms with Gasteiger partial charge < -0.3 is 9.73 Å². The Balaban J connectivity index is 1.23. The van der Waals surface area contributed by atoms with Crippen LogP contribution in [0.5, 0.6) is 0 Å². The highest BCUT2D eigenvalue weighted by Gasteiger charge is 2.15. The molecule has 1 N–H and O–H groups in total. The van der Waals surface area contributed by atoms with Crippen molar-refractivity contribution in [1.82, 2.24) is 14.8 Å². The average molecular weight is 409 g/mol. The molecule has 4 rings (SSSR count). The fourth-order valence-corrected chi connectivity index (χ4v) is 3.72. The first-order chi connectivity index (χ1) is 14.6. The van der Waals surface area contributed by atoms with Gasteiger partial charge in [0.15, 0.2) is 5.76 Å². The fourth-order valence-electron chi connectivity index (χ4n) is 3.72. The highest BCUT2D eigenvalue weighted by atomic mass is 19.1. The second-order valence-corrected chi connectivity index (χ2v) is 7.49. The van der Waals surface area contributed by atoms with Crippen molar-refractivity contribution < 1.29 is 13.6 Å². The van der Waals surface area contributed by atoms with Gasteiger partial charge in [-0.05, 0) is 48.2 Å². The number of benzene rings is 2. The van der Waals surface area contributed by atoms with Gasteiger partial charge in [-0.3, -0.25) is 14.3 Å². The monoisotopic (exact) mass is 409 g/mol. The zero-order valence-corrected chi connectivity index (χ0v) is 16.6. The summed E-state index contributed by atoms with van der Waals surface area (Å²) >= 11 is 0. The van der Waals surface area contributed by atoms with E-state index in [9.17, 15) is 14.0 Å². The lowest BCUT2D eigenvalue weighted by Crippen LogP contribution is -2.35. The molecule has 0 saturated heterocycles. The first-order valence-electron chi connectivity index (χ1n) is 10.1. The van der Waals surface area contributed by atoms with Crippen molar-refractivity contribution >= 4 is 5.91 Å². The van der Waals surface area contributed by atoms with Crippen LogP contribution in [0.3, 0.4) is 0 Å². The van der Waals surface area contributed by atoms with Gasteiger partial charge in [-0.2, -0.15) is 0 Å². The van der Waals surface area contributed by atoms with Crippen molar-refractivity contribution in [3.63, 3.8) is 0 Å². The number of amides is 1. The molecular weight excluding hydrogens is 385 g/mol. The number of hydrogen-bond acceptors (Lipinski definition) is 4. The molecule has 2 aromatic carbocycles. The Morgan fingerprint density at radius 2 is 1.87 bits per heavy atom. The maximum Gasteiger partial charge on any atom is 0.419 e. The number of carbonyl (C=O) groups is 1. The molecule has 156 valence electrons. The molecule has 2 heterocycles. The summed E-state index contributed by atoms with van der Waals surface area (Å²) in [6.07, 6.45) is 3.37. The molecule has 0 fully saturated rings. The molecule has 0 saturated carbocycles. The van der Waals surface area contributed by atoms with E-state index in [1.807, 2.05) is 0 Å². The molecule has 1 amide bonds. The third kappa shape index (κ3) is 4.86. The van der Waals surface area contributed by atoms with E-state index in [1.165, 1.54) is 46.2 Å². The number of nitrogens with one attached hydrogen (secondary N) is 1. The minimum absolute atomic E-state index is 0.110. The molecule has 0 radical (unpaired) electrons. The smallest absolute Gasteiger partial charge is 0.408 e. The number of carbonyl (C=O) groups excluding carboxylic acids is 1. The van der Waals surface area contributed by atoms with E-state index in [2.05, 4.69) is 34.5 Å². The Morgan fingerprint density at radius 1 is 1.10 bits per heavy atom. The Bertz CT molecular complexity index is 1070. The average Bonchev–Trinajstić information content (AvgIpc) is 3.11. The predicted octanol–water partition coefficient (Wildman–Crippen LogP) is 2.81. The number of fused-ring (bicyclic) bond motifs is 1. The number of hydrogen-bond donors (Lipinski definition) is 1. The van der Waals surface area contributed by atoms with Gasteiger partial charge >= 0.3 is 5.76 Å². The van der Waals surface area contributed by atoms with Gasteiger partial charge in [-0.1, -0.05) is 24.3 Å². The molecule has 0 spiro atoms. The second-order valence-electron chi connectivity index (χ2n) is 7.49. The fraction of sp³-hybridized carbons (Fsp3) is 0.304. The van der Waals surface area contributed by atoms with E-state index in [1.54, 1.807) is 0 Å². The van der Waals surface area contributed by atoms with Crippen LogP contribution in [0.2, 0.25) is 0 Å². The van der Waals surface area contributed by atoms with Crippen molar-refractivity contribution in [2.75, 3.05) is 19.6 Å². The molecule has 7 heteroatoms. The van der Waals surface area contributed by atoms with Crippen LogP contribution in [0, 0.1) is 5.82 Å². The van der Waals surface area contributed by atoms with Gasteiger partial charge in [0.05, 0.1) is 6.20 Å². The third-order valence-electron chi connectivity index (χ3n) is 5.33. The minimum atomic E-state index is -0.614. The molecule has 1 aliphatic rings. The predicted molar refractivity (Wildman–Crippen MR) is 111 cm³/mol. The van der Waals surface area contributed by atoms with Gasteiger partial charge in [0.25, 0.3) is 0 Å². The van der Waals surface area contributed by atoms with Crippen LogP contribution in [0.15, 0.2) is 63.9 Å². The normalized spacial score (nSPS) is 13.8. The van der Waals surface area contributed by atoms with Gasteiger partial charge in [0.1, 0.15) is 12.4 Å². The van der Waals surface area contributed by atoms with E-state index >= 15 is 0 Å². The summed E-state index contributed by atoms with van der Waals surface area (Å²) in [5.41, 5.74) is 3.38. The van der Waals surface area contributed by atoms with Crippen molar-refractivity contribution in [2.45, 2.75) is 25.9 Å².